The van der Waals surface area contributed by atoms with Gasteiger partial charge in [0.05, 0.1) is 18.8 Å². The molecule has 0 radical (unpaired) electrons. The van der Waals surface area contributed by atoms with E-state index >= 15 is 0 Å². The Balaban J connectivity index is 1.54. The first-order valence-corrected chi connectivity index (χ1v) is 6.72. The van der Waals surface area contributed by atoms with Crippen molar-refractivity contribution in [2.75, 3.05) is 30.7 Å². The van der Waals surface area contributed by atoms with Gasteiger partial charge in [-0.2, -0.15) is 0 Å². The third-order valence-electron chi connectivity index (χ3n) is 3.66. The number of benzene rings is 1. The first-order chi connectivity index (χ1) is 9.19. The highest BCUT2D eigenvalue weighted by atomic mass is 16.5. The lowest BCUT2D eigenvalue weighted by Crippen LogP contribution is -2.45. The van der Waals surface area contributed by atoms with E-state index in [9.17, 15) is 4.79 Å². The van der Waals surface area contributed by atoms with Gasteiger partial charge in [-0.1, -0.05) is 6.07 Å². The molecule has 0 aromatic heterocycles. The summed E-state index contributed by atoms with van der Waals surface area (Å²) in [7, 11) is 0. The number of amides is 1. The Morgan fingerprint density at radius 2 is 2.11 bits per heavy atom. The number of rotatable bonds is 3. The molecule has 2 heterocycles. The molecule has 0 spiro atoms. The third kappa shape index (κ3) is 3.05. The molecule has 19 heavy (non-hydrogen) atoms. The van der Waals surface area contributed by atoms with Gasteiger partial charge >= 0.3 is 0 Å². The normalized spacial score (nSPS) is 26.3. The van der Waals surface area contributed by atoms with Gasteiger partial charge in [-0.25, -0.2) is 0 Å². The van der Waals surface area contributed by atoms with Crippen LogP contribution in [0, 0.1) is 0 Å². The van der Waals surface area contributed by atoms with E-state index in [0.29, 0.717) is 24.4 Å². The van der Waals surface area contributed by atoms with Crippen molar-refractivity contribution in [2.45, 2.75) is 25.0 Å². The number of likely N-dealkylation sites (tertiary alicyclic amines) is 1. The molecule has 3 rings (SSSR count). The summed E-state index contributed by atoms with van der Waals surface area (Å²) in [6.45, 7) is 2.15. The molecule has 2 aliphatic rings. The zero-order chi connectivity index (χ0) is 13.2. The minimum atomic E-state index is 0.00639. The highest BCUT2D eigenvalue weighted by molar-refractivity contribution is 5.92. The Bertz CT molecular complexity index is 466. The number of nitrogens with two attached hydrogens (primary N) is 1. The zero-order valence-electron chi connectivity index (χ0n) is 10.8. The number of anilines is 2. The van der Waals surface area contributed by atoms with E-state index in [0.717, 1.165) is 31.6 Å². The molecule has 2 saturated heterocycles. The molecule has 2 fully saturated rings. The fourth-order valence-electron chi connectivity index (χ4n) is 2.85. The largest absolute Gasteiger partial charge is 0.399 e. The van der Waals surface area contributed by atoms with Crippen molar-refractivity contribution in [3.8, 4) is 0 Å². The first kappa shape index (κ1) is 12.4. The average Bonchev–Trinajstić information content (AvgIpc) is 2.68. The Morgan fingerprint density at radius 3 is 2.79 bits per heavy atom. The Hall–Kier alpha value is -1.59. The summed E-state index contributed by atoms with van der Waals surface area (Å²) < 4.78 is 5.75. The number of morpholine rings is 1. The lowest BCUT2D eigenvalue weighted by atomic mass is 10.2. The van der Waals surface area contributed by atoms with E-state index in [1.807, 2.05) is 12.1 Å². The van der Waals surface area contributed by atoms with Crippen LogP contribution in [0.4, 0.5) is 11.4 Å². The van der Waals surface area contributed by atoms with Crippen LogP contribution in [0.1, 0.15) is 12.8 Å². The van der Waals surface area contributed by atoms with Gasteiger partial charge in [-0.05, 0) is 31.0 Å². The van der Waals surface area contributed by atoms with Crippen LogP contribution in [0.5, 0.6) is 0 Å². The predicted octanol–water partition coefficient (Wildman–Crippen LogP) is 1.07. The fraction of sp³-hybridized carbons (Fsp3) is 0.500. The van der Waals surface area contributed by atoms with E-state index in [2.05, 4.69) is 10.2 Å². The summed E-state index contributed by atoms with van der Waals surface area (Å²) >= 11 is 0. The maximum absolute atomic E-state index is 12.0. The van der Waals surface area contributed by atoms with E-state index in [1.54, 1.807) is 12.1 Å². The molecule has 1 aromatic rings. The van der Waals surface area contributed by atoms with Crippen molar-refractivity contribution in [3.05, 3.63) is 24.3 Å². The number of nitrogens with zero attached hydrogens (tertiary/aromatic N) is 1. The molecular weight excluding hydrogens is 242 g/mol. The fourth-order valence-corrected chi connectivity index (χ4v) is 2.85. The van der Waals surface area contributed by atoms with Crippen LogP contribution in [-0.4, -0.2) is 42.6 Å². The Morgan fingerprint density at radius 1 is 1.37 bits per heavy atom. The van der Waals surface area contributed by atoms with Gasteiger partial charge in [0, 0.05) is 24.5 Å². The van der Waals surface area contributed by atoms with Gasteiger partial charge in [0.15, 0.2) is 0 Å². The Labute approximate surface area is 112 Å². The Kier molecular flexibility index (Phi) is 3.40. The molecule has 2 unspecified atom stereocenters. The van der Waals surface area contributed by atoms with Gasteiger partial charge in [0.1, 0.15) is 0 Å². The van der Waals surface area contributed by atoms with Crippen LogP contribution in [0.3, 0.4) is 0 Å². The molecule has 2 aliphatic heterocycles. The van der Waals surface area contributed by atoms with Crippen LogP contribution in [-0.2, 0) is 9.53 Å². The van der Waals surface area contributed by atoms with Crippen molar-refractivity contribution in [1.82, 2.24) is 4.90 Å². The lowest BCUT2D eigenvalue weighted by molar-refractivity contribution is -0.119. The molecule has 1 aromatic carbocycles. The number of nitrogen functional groups attached to an aromatic ring is 1. The molecule has 5 heteroatoms. The topological polar surface area (TPSA) is 67.6 Å². The van der Waals surface area contributed by atoms with Gasteiger partial charge in [-0.15, -0.1) is 0 Å². The standard InChI is InChI=1S/C14H19N3O2/c15-10-2-1-3-11(6-10)16-14(18)9-17-7-12-4-5-13(8-17)19-12/h1-3,6,12-13H,4-5,7-9,15H2,(H,16,18). The second-order valence-electron chi connectivity index (χ2n) is 5.33. The van der Waals surface area contributed by atoms with E-state index < -0.39 is 0 Å². The zero-order valence-corrected chi connectivity index (χ0v) is 10.8. The van der Waals surface area contributed by atoms with Crippen molar-refractivity contribution < 1.29 is 9.53 Å². The summed E-state index contributed by atoms with van der Waals surface area (Å²) in [5, 5.41) is 2.88. The number of hydrogen-bond acceptors (Lipinski definition) is 4. The van der Waals surface area contributed by atoms with Crippen LogP contribution in [0.25, 0.3) is 0 Å². The molecular formula is C14H19N3O2. The number of carbonyl (C=O) groups excluding carboxylic acids is 1. The number of nitrogens with one attached hydrogen (secondary N) is 1. The first-order valence-electron chi connectivity index (χ1n) is 6.72. The maximum atomic E-state index is 12.0. The van der Waals surface area contributed by atoms with Gasteiger partial charge in [-0.3, -0.25) is 9.69 Å². The molecule has 102 valence electrons. The lowest BCUT2D eigenvalue weighted by Gasteiger charge is -2.31. The van der Waals surface area contributed by atoms with Gasteiger partial charge < -0.3 is 15.8 Å². The molecule has 1 amide bonds. The van der Waals surface area contributed by atoms with E-state index in [1.165, 1.54) is 0 Å². The van der Waals surface area contributed by atoms with Gasteiger partial charge in [0.25, 0.3) is 0 Å². The third-order valence-corrected chi connectivity index (χ3v) is 3.66. The summed E-state index contributed by atoms with van der Waals surface area (Å²) in [4.78, 5) is 14.2. The van der Waals surface area contributed by atoms with Crippen LogP contribution < -0.4 is 11.1 Å². The summed E-state index contributed by atoms with van der Waals surface area (Å²) in [6, 6.07) is 7.24. The summed E-state index contributed by atoms with van der Waals surface area (Å²) in [6.07, 6.45) is 2.88. The quantitative estimate of drug-likeness (QED) is 0.799. The summed E-state index contributed by atoms with van der Waals surface area (Å²) in [5.74, 6) is 0.00639. The molecule has 2 bridgehead atoms. The van der Waals surface area contributed by atoms with Gasteiger partial charge in [0.2, 0.25) is 5.91 Å². The van der Waals surface area contributed by atoms with Crippen molar-refractivity contribution >= 4 is 17.3 Å². The molecule has 0 aliphatic carbocycles. The number of fused-ring (bicyclic) bond motifs is 2. The van der Waals surface area contributed by atoms with Crippen LogP contribution in [0.15, 0.2) is 24.3 Å². The van der Waals surface area contributed by atoms with E-state index in [-0.39, 0.29) is 5.91 Å². The van der Waals surface area contributed by atoms with Crippen LogP contribution >= 0.6 is 0 Å². The minimum absolute atomic E-state index is 0.00639. The monoisotopic (exact) mass is 261 g/mol. The predicted molar refractivity (Wildman–Crippen MR) is 73.8 cm³/mol. The second kappa shape index (κ2) is 5.19. The molecule has 2 atom stereocenters. The number of carbonyl (C=O) groups is 1. The SMILES string of the molecule is Nc1cccc(NC(=O)CN2CC3CCC(C2)O3)c1. The average molecular weight is 261 g/mol. The maximum Gasteiger partial charge on any atom is 0.238 e. The second-order valence-corrected chi connectivity index (χ2v) is 5.33. The van der Waals surface area contributed by atoms with Crippen molar-refractivity contribution in [2.24, 2.45) is 0 Å². The molecule has 0 saturated carbocycles. The summed E-state index contributed by atoms with van der Waals surface area (Å²) in [5.41, 5.74) is 7.09. The minimum Gasteiger partial charge on any atom is -0.399 e. The number of ether oxygens (including phenoxy) is 1. The van der Waals surface area contributed by atoms with E-state index in [4.69, 9.17) is 10.5 Å². The van der Waals surface area contributed by atoms with Crippen molar-refractivity contribution in [1.29, 1.82) is 0 Å². The smallest absolute Gasteiger partial charge is 0.238 e. The molecule has 5 nitrogen and oxygen atoms in total. The molecule has 3 N–H and O–H groups in total. The van der Waals surface area contributed by atoms with Crippen molar-refractivity contribution in [3.63, 3.8) is 0 Å². The van der Waals surface area contributed by atoms with Crippen LogP contribution in [0.2, 0.25) is 0 Å². The highest BCUT2D eigenvalue weighted by Crippen LogP contribution is 2.26. The highest BCUT2D eigenvalue weighted by Gasteiger charge is 2.34. The number of hydrogen-bond donors (Lipinski definition) is 2.